The molecule has 0 saturated carbocycles. The zero-order valence-electron chi connectivity index (χ0n) is 29.3. The first-order chi connectivity index (χ1) is 23.3. The highest BCUT2D eigenvalue weighted by molar-refractivity contribution is 7.88. The summed E-state index contributed by atoms with van der Waals surface area (Å²) in [6.45, 7) is 5.30. The number of carbonyl (C=O) groups excluding carboxylic acids is 4. The summed E-state index contributed by atoms with van der Waals surface area (Å²) in [5.41, 5.74) is 13.9. The van der Waals surface area contributed by atoms with Crippen LogP contribution in [0.1, 0.15) is 63.5 Å². The number of hydrogen-bond donors (Lipinski definition) is 3. The van der Waals surface area contributed by atoms with Crippen LogP contribution in [0.15, 0.2) is 60.7 Å². The van der Waals surface area contributed by atoms with Crippen molar-refractivity contribution < 1.29 is 27.6 Å². The summed E-state index contributed by atoms with van der Waals surface area (Å²) in [7, 11) is -3.36. The Bertz CT molecular complexity index is 1460. The van der Waals surface area contributed by atoms with Crippen molar-refractivity contribution >= 4 is 33.4 Å². The Morgan fingerprint density at radius 3 is 1.88 bits per heavy atom. The number of hydrogen-bond acceptors (Lipinski definition) is 8. The van der Waals surface area contributed by atoms with Crippen LogP contribution in [0, 0.1) is 17.8 Å². The van der Waals surface area contributed by atoms with Crippen molar-refractivity contribution in [2.45, 2.75) is 77.3 Å². The number of unbranched alkanes of at least 4 members (excludes halogenated alkanes) is 1. The molecular formula is C37H55N5O6S. The summed E-state index contributed by atoms with van der Waals surface area (Å²) in [4.78, 5) is 56.6. The fourth-order valence-electron chi connectivity index (χ4n) is 6.30. The van der Waals surface area contributed by atoms with Crippen LogP contribution in [0.25, 0.3) is 0 Å². The highest BCUT2D eigenvalue weighted by atomic mass is 32.2. The van der Waals surface area contributed by atoms with E-state index in [9.17, 15) is 27.6 Å². The average Bonchev–Trinajstić information content (AvgIpc) is 3.07. The third-order valence-corrected chi connectivity index (χ3v) is 10.4. The summed E-state index contributed by atoms with van der Waals surface area (Å²) in [5.74, 6) is -2.35. The molecule has 0 aromatic heterocycles. The zero-order valence-corrected chi connectivity index (χ0v) is 30.1. The van der Waals surface area contributed by atoms with Gasteiger partial charge < -0.3 is 21.7 Å². The molecule has 0 spiro atoms. The van der Waals surface area contributed by atoms with Gasteiger partial charge in [0.1, 0.15) is 0 Å². The minimum absolute atomic E-state index is 0.0579. The Morgan fingerprint density at radius 1 is 0.796 bits per heavy atom. The predicted molar refractivity (Wildman–Crippen MR) is 192 cm³/mol. The lowest BCUT2D eigenvalue weighted by Crippen LogP contribution is -2.52. The van der Waals surface area contributed by atoms with E-state index in [1.807, 2.05) is 74.5 Å². The molecule has 0 unspecified atom stereocenters. The molecule has 0 bridgehead atoms. The van der Waals surface area contributed by atoms with Gasteiger partial charge in [-0.15, -0.1) is 0 Å². The molecule has 11 nitrogen and oxygen atoms in total. The van der Waals surface area contributed by atoms with Gasteiger partial charge in [-0.25, -0.2) is 8.42 Å². The van der Waals surface area contributed by atoms with Gasteiger partial charge >= 0.3 is 0 Å². The molecule has 1 fully saturated rings. The van der Waals surface area contributed by atoms with E-state index in [4.69, 9.17) is 11.5 Å². The molecule has 5 N–H and O–H groups in total. The minimum Gasteiger partial charge on any atom is -0.346 e. The Balaban J connectivity index is 1.76. The number of sulfonamides is 1. The van der Waals surface area contributed by atoms with E-state index in [-0.39, 0.29) is 62.4 Å². The lowest BCUT2D eigenvalue weighted by Gasteiger charge is -2.35. The van der Waals surface area contributed by atoms with Gasteiger partial charge in [-0.3, -0.25) is 19.2 Å². The third-order valence-electron chi connectivity index (χ3n) is 9.09. The monoisotopic (exact) mass is 697 g/mol. The maximum atomic E-state index is 14.0. The maximum absolute atomic E-state index is 14.0. The second-order valence-corrected chi connectivity index (χ2v) is 15.7. The second kappa shape index (κ2) is 19.7. The van der Waals surface area contributed by atoms with Gasteiger partial charge in [0.2, 0.25) is 21.8 Å². The highest BCUT2D eigenvalue weighted by Crippen LogP contribution is 2.22. The normalized spacial score (nSPS) is 16.5. The molecule has 1 aliphatic rings. The lowest BCUT2D eigenvalue weighted by molar-refractivity contribution is -0.140. The molecule has 0 aliphatic carbocycles. The van der Waals surface area contributed by atoms with Crippen molar-refractivity contribution in [2.75, 3.05) is 39.0 Å². The van der Waals surface area contributed by atoms with Crippen molar-refractivity contribution in [3.05, 3.63) is 71.8 Å². The van der Waals surface area contributed by atoms with Crippen LogP contribution in [0.5, 0.6) is 0 Å². The average molecular weight is 698 g/mol. The Morgan fingerprint density at radius 2 is 1.35 bits per heavy atom. The van der Waals surface area contributed by atoms with Crippen LogP contribution >= 0.6 is 0 Å². The number of piperazine rings is 1. The van der Waals surface area contributed by atoms with Gasteiger partial charge in [0.15, 0.2) is 11.6 Å². The summed E-state index contributed by atoms with van der Waals surface area (Å²) >= 11 is 0. The Labute approximate surface area is 292 Å². The van der Waals surface area contributed by atoms with E-state index in [1.54, 1.807) is 4.90 Å². The smallest absolute Gasteiger partial charge is 0.226 e. The highest BCUT2D eigenvalue weighted by Gasteiger charge is 2.34. The molecule has 12 heteroatoms. The van der Waals surface area contributed by atoms with Gasteiger partial charge in [0, 0.05) is 50.9 Å². The number of nitrogens with two attached hydrogens (primary N) is 2. The number of Topliss-reactive ketones (excluding diaryl/α,β-unsaturated/α-hetero) is 2. The number of benzene rings is 2. The first-order valence-corrected chi connectivity index (χ1v) is 19.3. The van der Waals surface area contributed by atoms with Crippen molar-refractivity contribution in [3.63, 3.8) is 0 Å². The topological polar surface area (TPSA) is 173 Å². The fourth-order valence-corrected chi connectivity index (χ4v) is 7.12. The van der Waals surface area contributed by atoms with Crippen LogP contribution in [0.4, 0.5) is 0 Å². The minimum atomic E-state index is -3.36. The Hall–Kier alpha value is -3.45. The van der Waals surface area contributed by atoms with Gasteiger partial charge in [-0.2, -0.15) is 4.31 Å². The van der Waals surface area contributed by atoms with Gasteiger partial charge in [0.25, 0.3) is 0 Å². The first kappa shape index (κ1) is 40.0. The molecule has 1 aliphatic heterocycles. The SMILES string of the molecule is CC(C)C[C@@H](NC(=O)[C@H](CC(=O)[C@H](N)Cc1ccccc1)Cc1ccccc1)C(=O)C[C@H](CCCCN)C(=O)N1CCN(S(C)(=O)=O)CC1. The van der Waals surface area contributed by atoms with E-state index in [1.165, 1.54) is 4.31 Å². The van der Waals surface area contributed by atoms with Gasteiger partial charge in [-0.05, 0) is 55.7 Å². The molecule has 1 heterocycles. The molecule has 49 heavy (non-hydrogen) atoms. The largest absolute Gasteiger partial charge is 0.346 e. The number of rotatable bonds is 20. The number of nitrogens with one attached hydrogen (secondary N) is 1. The van der Waals surface area contributed by atoms with Crippen molar-refractivity contribution in [1.29, 1.82) is 0 Å². The number of amides is 2. The van der Waals surface area contributed by atoms with Crippen LogP contribution in [0.2, 0.25) is 0 Å². The summed E-state index contributed by atoms with van der Waals surface area (Å²) in [5, 5.41) is 2.98. The second-order valence-electron chi connectivity index (χ2n) is 13.7. The predicted octanol–water partition coefficient (Wildman–Crippen LogP) is 2.71. The standard InChI is InChI=1S/C37H55N5O6S/c1-27(2)22-33(35(44)25-30(16-10-11-17-38)37(46)41-18-20-42(21-19-41)49(3,47)48)40-36(45)31(23-28-12-6-4-7-13-28)26-34(43)32(39)24-29-14-8-5-9-15-29/h4-9,12-15,27,30-33H,10-11,16-26,38-39H2,1-3H3,(H,40,45)/t30-,31-,32+,33+/m0/s1. The Kier molecular flexibility index (Phi) is 16.0. The summed E-state index contributed by atoms with van der Waals surface area (Å²) in [6.07, 6.45) is 3.88. The third kappa shape index (κ3) is 13.4. The van der Waals surface area contributed by atoms with Gasteiger partial charge in [0.05, 0.1) is 18.3 Å². The van der Waals surface area contributed by atoms with Crippen LogP contribution in [-0.4, -0.2) is 92.1 Å². The molecule has 2 amide bonds. The number of nitrogens with zero attached hydrogens (tertiary/aromatic N) is 2. The molecular weight excluding hydrogens is 643 g/mol. The number of ketones is 2. The molecule has 2 aromatic carbocycles. The molecule has 2 aromatic rings. The van der Waals surface area contributed by atoms with E-state index in [0.29, 0.717) is 45.1 Å². The lowest BCUT2D eigenvalue weighted by atomic mass is 9.87. The fraction of sp³-hybridized carbons (Fsp3) is 0.568. The summed E-state index contributed by atoms with van der Waals surface area (Å²) in [6, 6.07) is 17.3. The number of carbonyl (C=O) groups is 4. The maximum Gasteiger partial charge on any atom is 0.226 e. The van der Waals surface area contributed by atoms with E-state index < -0.39 is 39.8 Å². The molecule has 1 saturated heterocycles. The molecule has 3 rings (SSSR count). The van der Waals surface area contributed by atoms with Crippen LogP contribution < -0.4 is 16.8 Å². The quantitative estimate of drug-likeness (QED) is 0.177. The van der Waals surface area contributed by atoms with E-state index in [0.717, 1.165) is 17.4 Å². The van der Waals surface area contributed by atoms with Crippen molar-refractivity contribution in [3.8, 4) is 0 Å². The van der Waals surface area contributed by atoms with Gasteiger partial charge in [-0.1, -0.05) is 80.9 Å². The molecule has 0 radical (unpaired) electrons. The zero-order chi connectivity index (χ0) is 36.0. The summed E-state index contributed by atoms with van der Waals surface area (Å²) < 4.78 is 25.3. The molecule has 270 valence electrons. The molecule has 4 atom stereocenters. The van der Waals surface area contributed by atoms with Crippen molar-refractivity contribution in [1.82, 2.24) is 14.5 Å². The van der Waals surface area contributed by atoms with E-state index >= 15 is 0 Å². The first-order valence-electron chi connectivity index (χ1n) is 17.4. The van der Waals surface area contributed by atoms with E-state index in [2.05, 4.69) is 5.32 Å². The van der Waals surface area contributed by atoms with Crippen molar-refractivity contribution in [2.24, 2.45) is 29.2 Å². The van der Waals surface area contributed by atoms with Crippen LogP contribution in [-0.2, 0) is 42.0 Å². The van der Waals surface area contributed by atoms with Crippen LogP contribution in [0.3, 0.4) is 0 Å².